The molecule has 1 heterocycles. The minimum atomic E-state index is -4.53. The minimum absolute atomic E-state index is 0.114. The maximum atomic E-state index is 13.1. The molecule has 1 aliphatic carbocycles. The second-order valence-corrected chi connectivity index (χ2v) is 5.22. The summed E-state index contributed by atoms with van der Waals surface area (Å²) < 4.78 is 56.1. The van der Waals surface area contributed by atoms with Crippen LogP contribution in [0, 0.1) is 5.92 Å². The first-order chi connectivity index (χ1) is 8.37. The van der Waals surface area contributed by atoms with Crippen molar-refractivity contribution in [2.24, 2.45) is 5.92 Å². The second-order valence-electron chi connectivity index (χ2n) is 5.22. The Bertz CT molecular complexity index is 324. The van der Waals surface area contributed by atoms with Crippen LogP contribution in [0.3, 0.4) is 0 Å². The van der Waals surface area contributed by atoms with Crippen molar-refractivity contribution in [3.63, 3.8) is 0 Å². The fourth-order valence-electron chi connectivity index (χ4n) is 3.00. The van der Waals surface area contributed by atoms with Gasteiger partial charge >= 0.3 is 12.3 Å². The van der Waals surface area contributed by atoms with Crippen molar-refractivity contribution in [2.75, 3.05) is 6.61 Å². The third-order valence-corrected chi connectivity index (χ3v) is 3.98. The lowest BCUT2D eigenvalue weighted by Gasteiger charge is -2.38. The van der Waals surface area contributed by atoms with Gasteiger partial charge in [0.05, 0.1) is 5.60 Å². The Balaban J connectivity index is 2.07. The van der Waals surface area contributed by atoms with Crippen molar-refractivity contribution in [3.8, 4) is 0 Å². The number of ether oxygens (including phenoxy) is 1. The Morgan fingerprint density at radius 1 is 1.28 bits per heavy atom. The largest absolute Gasteiger partial charge is 0.375 e. The summed E-state index contributed by atoms with van der Waals surface area (Å²) in [6, 6.07) is 0. The molecule has 1 saturated carbocycles. The van der Waals surface area contributed by atoms with E-state index in [0.717, 1.165) is 25.7 Å². The number of ketones is 1. The van der Waals surface area contributed by atoms with Crippen molar-refractivity contribution in [1.82, 2.24) is 0 Å². The molecule has 18 heavy (non-hydrogen) atoms. The number of carbonyl (C=O) groups excluding carboxylic acids is 1. The predicted octanol–water partition coefficient (Wildman–Crippen LogP) is 3.20. The van der Waals surface area contributed by atoms with Gasteiger partial charge in [0.15, 0.2) is 0 Å². The van der Waals surface area contributed by atoms with Gasteiger partial charge in [-0.3, -0.25) is 4.79 Å². The van der Waals surface area contributed by atoms with Crippen LogP contribution in [-0.2, 0) is 9.53 Å². The lowest BCUT2D eigenvalue weighted by molar-refractivity contribution is -0.179. The molecule has 1 spiro atoms. The zero-order valence-corrected chi connectivity index (χ0v) is 9.93. The van der Waals surface area contributed by atoms with E-state index in [-0.39, 0.29) is 19.4 Å². The van der Waals surface area contributed by atoms with Gasteiger partial charge in [-0.25, -0.2) is 8.78 Å². The third kappa shape index (κ3) is 2.39. The standard InChI is InChI=1S/C12H16F4O2/c13-10(14)12(15,16)9(17)8-3-6-18-11(7-8)4-1-2-5-11/h8,10H,1-7H2. The maximum absolute atomic E-state index is 13.1. The lowest BCUT2D eigenvalue weighted by Crippen LogP contribution is -2.47. The van der Waals surface area contributed by atoms with Crippen LogP contribution in [0.5, 0.6) is 0 Å². The second kappa shape index (κ2) is 4.79. The fourth-order valence-corrected chi connectivity index (χ4v) is 3.00. The van der Waals surface area contributed by atoms with Crippen LogP contribution in [0.25, 0.3) is 0 Å². The summed E-state index contributed by atoms with van der Waals surface area (Å²) >= 11 is 0. The summed E-state index contributed by atoms with van der Waals surface area (Å²) in [6.07, 6.45) is -0.309. The molecule has 2 aliphatic rings. The summed E-state index contributed by atoms with van der Waals surface area (Å²) in [7, 11) is 0. The van der Waals surface area contributed by atoms with Crippen molar-refractivity contribution in [1.29, 1.82) is 0 Å². The van der Waals surface area contributed by atoms with Crippen molar-refractivity contribution in [2.45, 2.75) is 56.5 Å². The van der Waals surface area contributed by atoms with E-state index >= 15 is 0 Å². The highest BCUT2D eigenvalue weighted by atomic mass is 19.3. The van der Waals surface area contributed by atoms with Gasteiger partial charge in [-0.05, 0) is 25.7 Å². The molecular weight excluding hydrogens is 252 g/mol. The molecule has 0 N–H and O–H groups in total. The Labute approximate surface area is 103 Å². The Hall–Kier alpha value is -0.650. The van der Waals surface area contributed by atoms with Gasteiger partial charge < -0.3 is 4.74 Å². The summed E-state index contributed by atoms with van der Waals surface area (Å²) in [4.78, 5) is 11.5. The van der Waals surface area contributed by atoms with E-state index in [2.05, 4.69) is 0 Å². The molecular formula is C12H16F4O2. The molecule has 0 amide bonds. The normalized spacial score (nSPS) is 27.9. The number of halogens is 4. The average molecular weight is 268 g/mol. The highest BCUT2D eigenvalue weighted by molar-refractivity contribution is 5.88. The molecule has 2 nitrogen and oxygen atoms in total. The van der Waals surface area contributed by atoms with Crippen LogP contribution in [0.2, 0.25) is 0 Å². The van der Waals surface area contributed by atoms with Gasteiger partial charge in [0, 0.05) is 12.5 Å². The topological polar surface area (TPSA) is 26.3 Å². The Morgan fingerprint density at radius 2 is 1.89 bits per heavy atom. The van der Waals surface area contributed by atoms with Crippen LogP contribution in [0.1, 0.15) is 38.5 Å². The molecule has 1 atom stereocenters. The van der Waals surface area contributed by atoms with Crippen molar-refractivity contribution >= 4 is 5.78 Å². The van der Waals surface area contributed by atoms with Gasteiger partial charge in [-0.2, -0.15) is 8.78 Å². The molecule has 2 rings (SSSR count). The molecule has 0 aromatic rings. The monoisotopic (exact) mass is 268 g/mol. The van der Waals surface area contributed by atoms with Crippen LogP contribution in [-0.4, -0.2) is 30.3 Å². The highest BCUT2D eigenvalue weighted by Crippen LogP contribution is 2.44. The summed E-state index contributed by atoms with van der Waals surface area (Å²) in [5.41, 5.74) is -0.517. The molecule has 2 fully saturated rings. The first kappa shape index (κ1) is 13.8. The van der Waals surface area contributed by atoms with Crippen LogP contribution >= 0.6 is 0 Å². The number of hydrogen-bond acceptors (Lipinski definition) is 2. The Kier molecular flexibility index (Phi) is 3.67. The average Bonchev–Trinajstić information content (AvgIpc) is 2.76. The van der Waals surface area contributed by atoms with Gasteiger partial charge in [0.25, 0.3) is 0 Å². The smallest absolute Gasteiger partial charge is 0.364 e. The first-order valence-electron chi connectivity index (χ1n) is 6.22. The minimum Gasteiger partial charge on any atom is -0.375 e. The van der Waals surface area contributed by atoms with E-state index < -0.39 is 29.7 Å². The third-order valence-electron chi connectivity index (χ3n) is 3.98. The molecule has 0 bridgehead atoms. The van der Waals surface area contributed by atoms with E-state index in [1.165, 1.54) is 0 Å². The molecule has 104 valence electrons. The van der Waals surface area contributed by atoms with Crippen LogP contribution in [0.15, 0.2) is 0 Å². The summed E-state index contributed by atoms with van der Waals surface area (Å²) in [5, 5.41) is 0. The molecule has 1 unspecified atom stereocenters. The molecule has 0 radical (unpaired) electrons. The van der Waals surface area contributed by atoms with E-state index in [1.54, 1.807) is 0 Å². The zero-order valence-electron chi connectivity index (χ0n) is 9.93. The van der Waals surface area contributed by atoms with E-state index in [0.29, 0.717) is 0 Å². The Morgan fingerprint density at radius 3 is 2.44 bits per heavy atom. The van der Waals surface area contributed by atoms with Gasteiger partial charge in [-0.1, -0.05) is 12.8 Å². The highest BCUT2D eigenvalue weighted by Gasteiger charge is 2.53. The zero-order chi connectivity index (χ0) is 13.4. The van der Waals surface area contributed by atoms with Gasteiger partial charge in [-0.15, -0.1) is 0 Å². The molecule has 0 aromatic carbocycles. The number of Topliss-reactive ketones (excluding diaryl/α,β-unsaturated/α-hetero) is 1. The SMILES string of the molecule is O=C(C1CCOC2(CCCC2)C1)C(F)(F)C(F)F. The van der Waals surface area contributed by atoms with Gasteiger partial charge in [0.1, 0.15) is 0 Å². The number of alkyl halides is 4. The summed E-state index contributed by atoms with van der Waals surface area (Å²) in [6.45, 7) is 0.204. The van der Waals surface area contributed by atoms with Gasteiger partial charge in [0.2, 0.25) is 5.78 Å². The van der Waals surface area contributed by atoms with Crippen LogP contribution in [0.4, 0.5) is 17.6 Å². The van der Waals surface area contributed by atoms with Crippen molar-refractivity contribution in [3.05, 3.63) is 0 Å². The van der Waals surface area contributed by atoms with E-state index in [9.17, 15) is 22.4 Å². The van der Waals surface area contributed by atoms with Crippen LogP contribution < -0.4 is 0 Å². The molecule has 1 aliphatic heterocycles. The van der Waals surface area contributed by atoms with E-state index in [4.69, 9.17) is 4.74 Å². The van der Waals surface area contributed by atoms with Crippen molar-refractivity contribution < 1.29 is 27.1 Å². The predicted molar refractivity (Wildman–Crippen MR) is 55.8 cm³/mol. The fraction of sp³-hybridized carbons (Fsp3) is 0.917. The number of carbonyl (C=O) groups is 1. The first-order valence-corrected chi connectivity index (χ1v) is 6.22. The molecule has 1 saturated heterocycles. The number of rotatable bonds is 3. The summed E-state index contributed by atoms with van der Waals surface area (Å²) in [5.74, 6) is -7.14. The maximum Gasteiger partial charge on any atom is 0.364 e. The molecule has 0 aromatic heterocycles. The number of hydrogen-bond donors (Lipinski definition) is 0. The quantitative estimate of drug-likeness (QED) is 0.735. The molecule has 6 heteroatoms. The van der Waals surface area contributed by atoms with E-state index in [1.807, 2.05) is 0 Å². The lowest BCUT2D eigenvalue weighted by atomic mass is 9.81.